The number of thioether (sulfide) groups is 1. The average molecular weight is 279 g/mol. The van der Waals surface area contributed by atoms with E-state index in [1.807, 2.05) is 18.4 Å². The standard InChI is InChI=1S/C14H17NO3S/c1-19-8-10-2-4-11(5-3-10)12(16)15-9-14(6-7-14)13(17)18/h2-5H,6-9H2,1H3,(H,15,16)(H,17,18). The largest absolute Gasteiger partial charge is 0.481 e. The molecule has 1 amide bonds. The van der Waals surface area contributed by atoms with E-state index in [2.05, 4.69) is 5.32 Å². The Labute approximate surface area is 116 Å². The van der Waals surface area contributed by atoms with Crippen LogP contribution in [-0.4, -0.2) is 29.8 Å². The molecule has 0 saturated heterocycles. The fourth-order valence-corrected chi connectivity index (χ4v) is 2.41. The molecule has 0 bridgehead atoms. The molecule has 1 aliphatic carbocycles. The van der Waals surface area contributed by atoms with E-state index in [0.29, 0.717) is 18.4 Å². The Kier molecular flexibility index (Phi) is 4.14. The van der Waals surface area contributed by atoms with Crippen LogP contribution in [0.15, 0.2) is 24.3 Å². The van der Waals surface area contributed by atoms with Crippen molar-refractivity contribution in [2.24, 2.45) is 5.41 Å². The maximum atomic E-state index is 11.9. The number of hydrogen-bond donors (Lipinski definition) is 2. The SMILES string of the molecule is CSCc1ccc(C(=O)NCC2(C(=O)O)CC2)cc1. The summed E-state index contributed by atoms with van der Waals surface area (Å²) in [7, 11) is 0. The number of carboxylic acids is 1. The molecule has 0 aromatic heterocycles. The average Bonchev–Trinajstić information content (AvgIpc) is 3.18. The van der Waals surface area contributed by atoms with Crippen LogP contribution in [0.25, 0.3) is 0 Å². The predicted octanol–water partition coefficient (Wildman–Crippen LogP) is 2.14. The molecular formula is C14H17NO3S. The van der Waals surface area contributed by atoms with Gasteiger partial charge in [0.25, 0.3) is 5.91 Å². The molecule has 0 radical (unpaired) electrons. The molecule has 0 aliphatic heterocycles. The summed E-state index contributed by atoms with van der Waals surface area (Å²) in [5.74, 6) is -0.101. The van der Waals surface area contributed by atoms with Gasteiger partial charge in [0.15, 0.2) is 0 Å². The van der Waals surface area contributed by atoms with Crippen LogP contribution < -0.4 is 5.32 Å². The van der Waals surface area contributed by atoms with Crippen molar-refractivity contribution in [1.82, 2.24) is 5.32 Å². The third-order valence-corrected chi connectivity index (χ3v) is 4.04. The van der Waals surface area contributed by atoms with Crippen molar-refractivity contribution < 1.29 is 14.7 Å². The van der Waals surface area contributed by atoms with Gasteiger partial charge in [-0.3, -0.25) is 9.59 Å². The minimum absolute atomic E-state index is 0.205. The van der Waals surface area contributed by atoms with Crippen LogP contribution in [0, 0.1) is 5.41 Å². The first-order chi connectivity index (χ1) is 9.07. The monoisotopic (exact) mass is 279 g/mol. The second kappa shape index (κ2) is 5.65. The summed E-state index contributed by atoms with van der Waals surface area (Å²) in [6.07, 6.45) is 3.33. The van der Waals surface area contributed by atoms with Crippen molar-refractivity contribution in [3.63, 3.8) is 0 Å². The Hall–Kier alpha value is -1.49. The maximum absolute atomic E-state index is 11.9. The summed E-state index contributed by atoms with van der Waals surface area (Å²) >= 11 is 1.73. The summed E-state index contributed by atoms with van der Waals surface area (Å²) in [6.45, 7) is 0.216. The number of carboxylic acid groups (broad SMARTS) is 1. The van der Waals surface area contributed by atoms with Crippen molar-refractivity contribution in [3.05, 3.63) is 35.4 Å². The normalized spacial score (nSPS) is 15.8. The number of carbonyl (C=O) groups is 2. The van der Waals surface area contributed by atoms with Gasteiger partial charge in [0.05, 0.1) is 5.41 Å². The Bertz CT molecular complexity index is 480. The van der Waals surface area contributed by atoms with Gasteiger partial charge in [0.1, 0.15) is 0 Å². The van der Waals surface area contributed by atoms with E-state index in [9.17, 15) is 9.59 Å². The van der Waals surface area contributed by atoms with Crippen molar-refractivity contribution in [1.29, 1.82) is 0 Å². The predicted molar refractivity (Wildman–Crippen MR) is 75.3 cm³/mol. The van der Waals surface area contributed by atoms with Gasteiger partial charge in [-0.1, -0.05) is 12.1 Å². The zero-order chi connectivity index (χ0) is 13.9. The van der Waals surface area contributed by atoms with Crippen LogP contribution in [0.3, 0.4) is 0 Å². The van der Waals surface area contributed by atoms with E-state index in [1.165, 1.54) is 5.56 Å². The molecule has 19 heavy (non-hydrogen) atoms. The van der Waals surface area contributed by atoms with Crippen LogP contribution in [0.5, 0.6) is 0 Å². The van der Waals surface area contributed by atoms with E-state index in [0.717, 1.165) is 5.75 Å². The fourth-order valence-electron chi connectivity index (χ4n) is 1.89. The van der Waals surface area contributed by atoms with Crippen LogP contribution in [0.2, 0.25) is 0 Å². The van der Waals surface area contributed by atoms with E-state index in [-0.39, 0.29) is 12.5 Å². The number of carbonyl (C=O) groups excluding carboxylic acids is 1. The Morgan fingerprint density at radius 2 is 1.95 bits per heavy atom. The molecule has 0 atom stereocenters. The molecule has 4 nitrogen and oxygen atoms in total. The highest BCUT2D eigenvalue weighted by Crippen LogP contribution is 2.45. The van der Waals surface area contributed by atoms with Gasteiger partial charge in [0, 0.05) is 17.9 Å². The molecule has 5 heteroatoms. The zero-order valence-electron chi connectivity index (χ0n) is 10.8. The minimum atomic E-state index is -0.817. The first kappa shape index (κ1) is 13.9. The Balaban J connectivity index is 1.91. The Morgan fingerprint density at radius 1 is 1.32 bits per heavy atom. The molecule has 1 aromatic rings. The topological polar surface area (TPSA) is 66.4 Å². The highest BCUT2D eigenvalue weighted by Gasteiger charge is 2.50. The number of aliphatic carboxylic acids is 1. The molecule has 0 spiro atoms. The van der Waals surface area contributed by atoms with E-state index in [4.69, 9.17) is 5.11 Å². The summed E-state index contributed by atoms with van der Waals surface area (Å²) in [6, 6.07) is 7.41. The van der Waals surface area contributed by atoms with Gasteiger partial charge in [-0.05, 0) is 36.8 Å². The highest BCUT2D eigenvalue weighted by atomic mass is 32.2. The van der Waals surface area contributed by atoms with Crippen molar-refractivity contribution in [3.8, 4) is 0 Å². The van der Waals surface area contributed by atoms with Crippen LogP contribution in [0.4, 0.5) is 0 Å². The summed E-state index contributed by atoms with van der Waals surface area (Å²) in [4.78, 5) is 22.9. The fraction of sp³-hybridized carbons (Fsp3) is 0.429. The Morgan fingerprint density at radius 3 is 2.42 bits per heavy atom. The van der Waals surface area contributed by atoms with Gasteiger partial charge < -0.3 is 10.4 Å². The summed E-state index contributed by atoms with van der Waals surface area (Å²) in [5.41, 5.74) is 1.04. The van der Waals surface area contributed by atoms with Gasteiger partial charge in [0.2, 0.25) is 0 Å². The number of amides is 1. The van der Waals surface area contributed by atoms with Crippen molar-refractivity contribution >= 4 is 23.6 Å². The maximum Gasteiger partial charge on any atom is 0.311 e. The summed E-state index contributed by atoms with van der Waals surface area (Å²) < 4.78 is 0. The van der Waals surface area contributed by atoms with Gasteiger partial charge in [-0.15, -0.1) is 0 Å². The lowest BCUT2D eigenvalue weighted by Gasteiger charge is -2.11. The number of benzene rings is 1. The van der Waals surface area contributed by atoms with E-state index >= 15 is 0 Å². The lowest BCUT2D eigenvalue weighted by molar-refractivity contribution is -0.143. The molecule has 1 saturated carbocycles. The first-order valence-electron chi connectivity index (χ1n) is 6.17. The quantitative estimate of drug-likeness (QED) is 0.837. The van der Waals surface area contributed by atoms with Crippen LogP contribution in [-0.2, 0) is 10.5 Å². The third-order valence-electron chi connectivity index (χ3n) is 3.42. The van der Waals surface area contributed by atoms with Crippen LogP contribution >= 0.6 is 11.8 Å². The zero-order valence-corrected chi connectivity index (χ0v) is 11.6. The van der Waals surface area contributed by atoms with Crippen molar-refractivity contribution in [2.45, 2.75) is 18.6 Å². The molecule has 2 N–H and O–H groups in total. The molecular weight excluding hydrogens is 262 g/mol. The van der Waals surface area contributed by atoms with E-state index in [1.54, 1.807) is 23.9 Å². The smallest absolute Gasteiger partial charge is 0.311 e. The van der Waals surface area contributed by atoms with Gasteiger partial charge in [-0.25, -0.2) is 0 Å². The number of hydrogen-bond acceptors (Lipinski definition) is 3. The molecule has 0 heterocycles. The minimum Gasteiger partial charge on any atom is -0.481 e. The molecule has 1 aliphatic rings. The number of rotatable bonds is 6. The second-order valence-electron chi connectivity index (χ2n) is 4.90. The highest BCUT2D eigenvalue weighted by molar-refractivity contribution is 7.97. The number of nitrogens with one attached hydrogen (secondary N) is 1. The first-order valence-corrected chi connectivity index (χ1v) is 7.56. The third kappa shape index (κ3) is 3.29. The molecule has 1 fully saturated rings. The van der Waals surface area contributed by atoms with Gasteiger partial charge >= 0.3 is 5.97 Å². The molecule has 1 aromatic carbocycles. The molecule has 102 valence electrons. The lowest BCUT2D eigenvalue weighted by atomic mass is 10.1. The van der Waals surface area contributed by atoms with E-state index < -0.39 is 11.4 Å². The summed E-state index contributed by atoms with van der Waals surface area (Å²) in [5, 5.41) is 11.7. The van der Waals surface area contributed by atoms with Gasteiger partial charge in [-0.2, -0.15) is 11.8 Å². The lowest BCUT2D eigenvalue weighted by Crippen LogP contribution is -2.34. The molecule has 2 rings (SSSR count). The second-order valence-corrected chi connectivity index (χ2v) is 5.76. The molecule has 0 unspecified atom stereocenters. The van der Waals surface area contributed by atoms with Crippen LogP contribution in [0.1, 0.15) is 28.8 Å². The van der Waals surface area contributed by atoms with Crippen molar-refractivity contribution in [2.75, 3.05) is 12.8 Å².